The lowest BCUT2D eigenvalue weighted by atomic mass is 9.49. The van der Waals surface area contributed by atoms with Crippen LogP contribution in [0.1, 0.15) is 154 Å². The van der Waals surface area contributed by atoms with E-state index in [2.05, 4.69) is 32.2 Å². The monoisotopic (exact) mass is 1310 g/mol. The van der Waals surface area contributed by atoms with Gasteiger partial charge < -0.3 is 82.6 Å². The van der Waals surface area contributed by atoms with Gasteiger partial charge in [-0.15, -0.1) is 0 Å². The Bertz CT molecular complexity index is 2950. The molecule has 0 aromatic rings. The van der Waals surface area contributed by atoms with Gasteiger partial charge in [-0.1, -0.05) is 57.6 Å². The van der Waals surface area contributed by atoms with E-state index in [0.29, 0.717) is 50.4 Å². The van der Waals surface area contributed by atoms with Crippen LogP contribution < -0.4 is 5.32 Å². The third kappa shape index (κ3) is 14.0. The van der Waals surface area contributed by atoms with E-state index in [0.717, 1.165) is 12.7 Å². The van der Waals surface area contributed by atoms with Crippen LogP contribution in [0.3, 0.4) is 0 Å². The van der Waals surface area contributed by atoms with Gasteiger partial charge in [0.25, 0.3) is 0 Å². The number of alkyl carbamates (subject to hydrolysis) is 1. The molecular weight excluding hydrogens is 1210 g/mol. The van der Waals surface area contributed by atoms with Crippen LogP contribution in [0.2, 0.25) is 0 Å². The van der Waals surface area contributed by atoms with Crippen molar-refractivity contribution in [2.45, 2.75) is 282 Å². The van der Waals surface area contributed by atoms with Crippen LogP contribution in [0, 0.1) is 57.0 Å². The Labute approximate surface area is 543 Å². The van der Waals surface area contributed by atoms with Crippen molar-refractivity contribution in [1.29, 1.82) is 0 Å². The molecule has 2 bridgehead atoms. The second kappa shape index (κ2) is 28.2. The molecule has 25 heteroatoms. The maximum atomic E-state index is 15.6. The maximum absolute atomic E-state index is 15.6. The first-order chi connectivity index (χ1) is 43.9. The first kappa shape index (κ1) is 70.8. The fourth-order valence-corrected chi connectivity index (χ4v) is 17.4. The fourth-order valence-electron chi connectivity index (χ4n) is 17.4. The lowest BCUT2D eigenvalue weighted by Crippen LogP contribution is -2.65. The van der Waals surface area contributed by atoms with Gasteiger partial charge in [-0.05, 0) is 121 Å². The van der Waals surface area contributed by atoms with E-state index in [9.17, 15) is 49.7 Å². The molecule has 29 atom stereocenters. The Hall–Kier alpha value is -5.03. The zero-order valence-electron chi connectivity index (χ0n) is 55.7. The molecule has 0 aromatic heterocycles. The predicted octanol–water partition coefficient (Wildman–Crippen LogP) is 7.02. The average Bonchev–Trinajstić information content (AvgIpc) is 1.68. The number of nitrogens with zero attached hydrogens (tertiary/aromatic N) is 1. The number of carbonyl (C=O) groups excluding carboxylic acids is 5. The quantitative estimate of drug-likeness (QED) is 0.0222. The number of carbonyl (C=O) groups is 5. The molecule has 1 spiro atoms. The molecule has 93 heavy (non-hydrogen) atoms. The van der Waals surface area contributed by atoms with E-state index in [-0.39, 0.29) is 67.3 Å². The van der Waals surface area contributed by atoms with Gasteiger partial charge in [-0.2, -0.15) is 0 Å². The number of aldehydes is 1. The van der Waals surface area contributed by atoms with Gasteiger partial charge >= 0.3 is 18.0 Å². The summed E-state index contributed by atoms with van der Waals surface area (Å²) >= 11 is 0. The summed E-state index contributed by atoms with van der Waals surface area (Å²) in [6, 6.07) is -1.12. The van der Waals surface area contributed by atoms with Crippen molar-refractivity contribution in [3.8, 4) is 0 Å². The minimum absolute atomic E-state index is 0.00496. The first-order valence-corrected chi connectivity index (χ1v) is 33.4. The smallest absolute Gasteiger partial charge is 0.407 e. The number of nitrogens with one attached hydrogen (secondary N) is 1. The van der Waals surface area contributed by atoms with Gasteiger partial charge in [-0.3, -0.25) is 24.5 Å². The van der Waals surface area contributed by atoms with Crippen molar-refractivity contribution in [2.24, 2.45) is 46.8 Å². The molecule has 7 fully saturated rings. The van der Waals surface area contributed by atoms with Crippen LogP contribution in [0.25, 0.3) is 0 Å². The van der Waals surface area contributed by atoms with Crippen LogP contribution in [-0.2, 0) is 76.0 Å². The average molecular weight is 1310 g/mol. The minimum Gasteiger partial charge on any atom is -0.511 e. The summed E-state index contributed by atoms with van der Waals surface area (Å²) in [4.78, 5) is 80.5. The summed E-state index contributed by atoms with van der Waals surface area (Å²) in [5.74, 6) is -6.27. The van der Waals surface area contributed by atoms with Gasteiger partial charge in [-0.25, -0.2) is 9.59 Å². The highest BCUT2D eigenvalue weighted by Gasteiger charge is 2.65. The summed E-state index contributed by atoms with van der Waals surface area (Å²) in [6.07, 6.45) is -1.15. The van der Waals surface area contributed by atoms with Gasteiger partial charge in [0.1, 0.15) is 35.9 Å². The number of nitro groups is 1. The summed E-state index contributed by atoms with van der Waals surface area (Å²) in [5.41, 5.74) is -4.85. The standard InChI is InChI=1S/C68H98N2O23/c1-31-14-19-49(90-55-29-66(11,70(80)81)61(39(9)86-55)69-65(79)82-13)33(3)24-45-47(74)25-41(30-71)28-68(45)63(77)56(64(78)93-68)62(76)67(12)44(31)17-16-43-57(67)34(4)22-35(5)58(43)92-54-27-51(60(38(8)85-54)87-40(10)72)88-42-15-20-50(32(2)23-42)89-53-26-48(75)59(37(7)84-53)91-52-21-18-46(73)36(6)83-52/h14,16-17,24-25,30,32,34-39,42-55,57-61,73-76H,15,18-23,26-29H2,1-13H3,(H,69,79)/b31-14+,33-24+,62-56?/t32-,34+,35+,36+,37+,38+,39-,42+,43+,44+,45-,46-,47+,48-,49+,50?,51-,52+,53+,54+,55+,57-,58+,59?,60+,61?,66+,67-,68?/m1/s1. The Morgan fingerprint density at radius 3 is 2.06 bits per heavy atom. The Morgan fingerprint density at radius 2 is 1.41 bits per heavy atom. The Kier molecular flexibility index (Phi) is 21.5. The third-order valence-electron chi connectivity index (χ3n) is 22.2. The molecule has 0 radical (unpaired) electrons. The number of fused-ring (bicyclic) bond motifs is 4. The Balaban J connectivity index is 0.904. The van der Waals surface area contributed by atoms with Crippen LogP contribution in [0.5, 0.6) is 0 Å². The summed E-state index contributed by atoms with van der Waals surface area (Å²) in [5, 5.41) is 62.1. The Morgan fingerprint density at radius 1 is 0.731 bits per heavy atom. The molecule has 10 rings (SSSR count). The number of ether oxygens (including phenoxy) is 12. The van der Waals surface area contributed by atoms with E-state index in [4.69, 9.17) is 56.8 Å². The molecule has 5 saturated heterocycles. The van der Waals surface area contributed by atoms with Gasteiger partial charge in [0, 0.05) is 61.7 Å². The molecule has 2 saturated carbocycles. The van der Waals surface area contributed by atoms with Crippen molar-refractivity contribution >= 4 is 30.1 Å². The summed E-state index contributed by atoms with van der Waals surface area (Å²) < 4.78 is 75.6. The SMILES string of the molecule is COC(=O)NC1[C@@H](C)O[C@@H](O[C@H]2C/C=C(\C)[C@@H]3C=C[C@@H]4[C@@H](O[C@H]5C[C@@H](O[C@H]6CCC(O[C@H]7C[C@@H](O)C(O[C@H]8CC[C@@H](O)[C@H](C)O8)[C@H](C)O7)[C@H](C)C6)[C@@H](OC(C)=O)[C@H](C)O5)[C@@H](C)C[C@H](C)[C@H]4[C@]3(C)C(O)=C3C(=O)OC4(CC(C=O)=C[C@H](O)[C@H]4/C=C/2C)C3=O)C[C@]1(C)[N+](=O)[O-]. The molecule has 25 nitrogen and oxygen atoms in total. The second-order valence-electron chi connectivity index (χ2n) is 28.8. The number of amides is 1. The number of hydrogen-bond donors (Lipinski definition) is 5. The van der Waals surface area contributed by atoms with E-state index in [1.807, 2.05) is 39.8 Å². The lowest BCUT2D eigenvalue weighted by molar-refractivity contribution is -0.584. The van der Waals surface area contributed by atoms with Gasteiger partial charge in [0.05, 0.1) is 86.6 Å². The van der Waals surface area contributed by atoms with Crippen LogP contribution >= 0.6 is 0 Å². The lowest BCUT2D eigenvalue weighted by Gasteiger charge is -2.56. The van der Waals surface area contributed by atoms with Crippen LogP contribution in [0.4, 0.5) is 4.79 Å². The normalized spacial score (nSPS) is 47.4. The largest absolute Gasteiger partial charge is 0.511 e. The zero-order chi connectivity index (χ0) is 67.5. The molecular formula is C68H98N2O23. The highest BCUT2D eigenvalue weighted by Crippen LogP contribution is 2.61. The minimum atomic E-state index is -2.19. The number of esters is 2. The number of allylic oxidation sites excluding steroid dienone is 3. The topological polar surface area (TPSA) is 332 Å². The van der Waals surface area contributed by atoms with Crippen molar-refractivity contribution in [3.05, 3.63) is 68.5 Å². The number of hydrogen-bond acceptors (Lipinski definition) is 23. The number of ketones is 1. The van der Waals surface area contributed by atoms with Crippen molar-refractivity contribution in [1.82, 2.24) is 5.32 Å². The number of Topliss-reactive ketones (excluding diaryl/α,β-unsaturated/α-hetero) is 1. The summed E-state index contributed by atoms with van der Waals surface area (Å²) in [7, 11) is 1.15. The zero-order valence-corrected chi connectivity index (χ0v) is 55.7. The highest BCUT2D eigenvalue weighted by atomic mass is 16.7. The molecule has 5 aliphatic carbocycles. The molecule has 4 unspecified atom stereocenters. The van der Waals surface area contributed by atoms with Crippen molar-refractivity contribution in [2.75, 3.05) is 7.11 Å². The van der Waals surface area contributed by atoms with Gasteiger partial charge in [0.2, 0.25) is 11.3 Å². The second-order valence-corrected chi connectivity index (χ2v) is 28.8. The van der Waals surface area contributed by atoms with E-state index < -0.39 is 185 Å². The van der Waals surface area contributed by atoms with E-state index >= 15 is 4.79 Å². The molecule has 5 aliphatic heterocycles. The first-order valence-electron chi connectivity index (χ1n) is 33.4. The van der Waals surface area contributed by atoms with E-state index in [1.165, 1.54) is 19.9 Å². The maximum Gasteiger partial charge on any atom is 0.407 e. The molecule has 0 aromatic carbocycles. The molecule has 5 N–H and O–H groups in total. The number of methoxy groups -OCH3 is 1. The third-order valence-corrected chi connectivity index (χ3v) is 22.2. The van der Waals surface area contributed by atoms with Gasteiger partial charge in [0.15, 0.2) is 36.9 Å². The molecule has 10 aliphatic rings. The number of aliphatic hydroxyl groups excluding tert-OH is 4. The van der Waals surface area contributed by atoms with Crippen LogP contribution in [0.15, 0.2) is 58.4 Å². The molecule has 5 heterocycles. The fraction of sp³-hybridized carbons (Fsp3) is 0.779. The predicted molar refractivity (Wildman–Crippen MR) is 328 cm³/mol. The molecule has 518 valence electrons. The summed E-state index contributed by atoms with van der Waals surface area (Å²) in [6.45, 7) is 21.4. The van der Waals surface area contributed by atoms with Crippen LogP contribution in [-0.4, -0.2) is 190 Å². The van der Waals surface area contributed by atoms with Crippen molar-refractivity contribution < 1.29 is 106 Å². The van der Waals surface area contributed by atoms with E-state index in [1.54, 1.807) is 26.8 Å². The highest BCUT2D eigenvalue weighted by molar-refractivity contribution is 6.26. The number of rotatable bonds is 14. The number of aliphatic hydroxyl groups is 4. The molecule has 1 amide bonds. The van der Waals surface area contributed by atoms with Crippen molar-refractivity contribution in [3.63, 3.8) is 0 Å².